The monoisotopic (exact) mass is 296 g/mol. The lowest BCUT2D eigenvalue weighted by atomic mass is 9.80. The Morgan fingerprint density at radius 2 is 2.00 bits per heavy atom. The van der Waals surface area contributed by atoms with Crippen molar-refractivity contribution in [2.75, 3.05) is 6.54 Å². The molecule has 4 nitrogen and oxygen atoms in total. The lowest BCUT2D eigenvalue weighted by Gasteiger charge is -2.38. The Hall–Kier alpha value is -0.910. The van der Waals surface area contributed by atoms with Crippen LogP contribution >= 0.6 is 0 Å². The van der Waals surface area contributed by atoms with Crippen LogP contribution in [0.15, 0.2) is 23.1 Å². The summed E-state index contributed by atoms with van der Waals surface area (Å²) in [5.74, 6) is 0. The zero-order valence-corrected chi connectivity index (χ0v) is 13.3. The second-order valence-corrected chi connectivity index (χ2v) is 7.49. The van der Waals surface area contributed by atoms with E-state index in [0.29, 0.717) is 11.4 Å². The summed E-state index contributed by atoms with van der Waals surface area (Å²) in [6.45, 7) is 7.46. The molecule has 0 aliphatic heterocycles. The minimum absolute atomic E-state index is 0.261. The van der Waals surface area contributed by atoms with E-state index >= 15 is 0 Å². The molecule has 0 aromatic heterocycles. The first kappa shape index (κ1) is 15.5. The molecule has 2 rings (SSSR count). The molecule has 1 aliphatic carbocycles. The number of hydrogen-bond donors (Lipinski definition) is 2. The van der Waals surface area contributed by atoms with Gasteiger partial charge in [0.15, 0.2) is 0 Å². The van der Waals surface area contributed by atoms with Gasteiger partial charge in [0.05, 0.1) is 4.90 Å². The number of rotatable bonds is 6. The smallest absolute Gasteiger partial charge is 0.241 e. The number of benzene rings is 1. The molecule has 0 spiro atoms. The molecule has 0 amide bonds. The third kappa shape index (κ3) is 3.22. The van der Waals surface area contributed by atoms with E-state index in [9.17, 15) is 8.42 Å². The quantitative estimate of drug-likeness (QED) is 0.847. The van der Waals surface area contributed by atoms with Crippen LogP contribution in [0.3, 0.4) is 0 Å². The van der Waals surface area contributed by atoms with E-state index in [-0.39, 0.29) is 5.54 Å². The molecule has 1 aromatic rings. The maximum atomic E-state index is 12.6. The highest BCUT2D eigenvalue weighted by atomic mass is 32.2. The summed E-state index contributed by atoms with van der Waals surface area (Å²) in [6.07, 6.45) is 2.93. The van der Waals surface area contributed by atoms with Gasteiger partial charge in [0.25, 0.3) is 0 Å². The largest absolute Gasteiger partial charge is 0.313 e. The van der Waals surface area contributed by atoms with Crippen LogP contribution in [-0.2, 0) is 16.6 Å². The first-order chi connectivity index (χ1) is 9.38. The molecule has 0 saturated heterocycles. The zero-order chi connectivity index (χ0) is 14.8. The van der Waals surface area contributed by atoms with E-state index < -0.39 is 10.0 Å². The highest BCUT2D eigenvalue weighted by Gasteiger charge is 2.36. The van der Waals surface area contributed by atoms with Crippen LogP contribution in [0.5, 0.6) is 0 Å². The summed E-state index contributed by atoms with van der Waals surface area (Å²) in [4.78, 5) is 0.404. The van der Waals surface area contributed by atoms with Gasteiger partial charge in [-0.05, 0) is 56.8 Å². The van der Waals surface area contributed by atoms with Crippen molar-refractivity contribution in [1.82, 2.24) is 10.0 Å². The van der Waals surface area contributed by atoms with Gasteiger partial charge in [0.1, 0.15) is 0 Å². The molecule has 112 valence electrons. The van der Waals surface area contributed by atoms with Gasteiger partial charge in [0, 0.05) is 12.1 Å². The molecule has 1 saturated carbocycles. The summed E-state index contributed by atoms with van der Waals surface area (Å²) in [7, 11) is -3.43. The first-order valence-electron chi connectivity index (χ1n) is 7.21. The van der Waals surface area contributed by atoms with Crippen LogP contribution in [0.25, 0.3) is 0 Å². The molecule has 0 radical (unpaired) electrons. The molecule has 0 bridgehead atoms. The van der Waals surface area contributed by atoms with Gasteiger partial charge in [-0.1, -0.05) is 19.1 Å². The average Bonchev–Trinajstić information content (AvgIpc) is 2.35. The van der Waals surface area contributed by atoms with E-state index in [1.807, 2.05) is 32.9 Å². The molecule has 1 aromatic carbocycles. The summed E-state index contributed by atoms with van der Waals surface area (Å²) >= 11 is 0. The Morgan fingerprint density at radius 3 is 2.55 bits per heavy atom. The molecule has 0 unspecified atom stereocenters. The van der Waals surface area contributed by atoms with Crippen molar-refractivity contribution in [3.8, 4) is 0 Å². The average molecular weight is 296 g/mol. The van der Waals surface area contributed by atoms with Gasteiger partial charge in [-0.25, -0.2) is 13.1 Å². The summed E-state index contributed by atoms with van der Waals surface area (Å²) < 4.78 is 28.0. The third-order valence-corrected chi connectivity index (χ3v) is 5.87. The van der Waals surface area contributed by atoms with Crippen molar-refractivity contribution < 1.29 is 8.42 Å². The van der Waals surface area contributed by atoms with Crippen LogP contribution in [0.4, 0.5) is 0 Å². The molecule has 1 fully saturated rings. The molecular weight excluding hydrogens is 272 g/mol. The summed E-state index contributed by atoms with van der Waals surface area (Å²) in [5.41, 5.74) is 1.61. The van der Waals surface area contributed by atoms with E-state index in [1.165, 1.54) is 0 Å². The minimum atomic E-state index is -3.43. The highest BCUT2D eigenvalue weighted by molar-refractivity contribution is 7.89. The first-order valence-corrected chi connectivity index (χ1v) is 8.69. The molecule has 20 heavy (non-hydrogen) atoms. The van der Waals surface area contributed by atoms with Crippen molar-refractivity contribution in [2.24, 2.45) is 0 Å². The van der Waals surface area contributed by atoms with Crippen LogP contribution in [-0.4, -0.2) is 20.5 Å². The van der Waals surface area contributed by atoms with E-state index in [0.717, 1.165) is 36.9 Å². The molecule has 5 heteroatoms. The second-order valence-electron chi connectivity index (χ2n) is 5.84. The lowest BCUT2D eigenvalue weighted by Crippen LogP contribution is -2.50. The van der Waals surface area contributed by atoms with Crippen LogP contribution in [0.2, 0.25) is 0 Å². The topological polar surface area (TPSA) is 58.2 Å². The van der Waals surface area contributed by atoms with E-state index in [2.05, 4.69) is 10.0 Å². The Labute approximate surface area is 122 Å². The standard InChI is InChI=1S/C15H24N2O2S/c1-4-16-11-13-7-5-8-14(12(13)2)20(18,19)17-15(3)9-6-10-15/h5,7-8,16-17H,4,6,9-11H2,1-3H3. The maximum Gasteiger partial charge on any atom is 0.241 e. The van der Waals surface area contributed by atoms with Gasteiger partial charge in [-0.15, -0.1) is 0 Å². The Balaban J connectivity index is 2.27. The SMILES string of the molecule is CCNCc1cccc(S(=O)(=O)NC2(C)CCC2)c1C. The minimum Gasteiger partial charge on any atom is -0.313 e. The fourth-order valence-corrected chi connectivity index (χ4v) is 4.35. The third-order valence-electron chi connectivity index (χ3n) is 4.09. The predicted molar refractivity (Wildman–Crippen MR) is 81.1 cm³/mol. The number of nitrogens with one attached hydrogen (secondary N) is 2. The van der Waals surface area contributed by atoms with Crippen molar-refractivity contribution >= 4 is 10.0 Å². The summed E-state index contributed by atoms with van der Waals surface area (Å²) in [5, 5.41) is 3.24. The van der Waals surface area contributed by atoms with Crippen molar-refractivity contribution in [3.05, 3.63) is 29.3 Å². The van der Waals surface area contributed by atoms with Crippen molar-refractivity contribution in [2.45, 2.75) is 57.0 Å². The molecule has 2 N–H and O–H groups in total. The summed E-state index contributed by atoms with van der Waals surface area (Å²) in [6, 6.07) is 5.48. The van der Waals surface area contributed by atoms with Crippen LogP contribution < -0.4 is 10.0 Å². The molecule has 1 aliphatic rings. The van der Waals surface area contributed by atoms with Gasteiger partial charge in [-0.3, -0.25) is 0 Å². The maximum absolute atomic E-state index is 12.6. The number of hydrogen-bond acceptors (Lipinski definition) is 3. The fourth-order valence-electron chi connectivity index (χ4n) is 2.59. The lowest BCUT2D eigenvalue weighted by molar-refractivity contribution is 0.248. The van der Waals surface area contributed by atoms with Gasteiger partial charge < -0.3 is 5.32 Å². The molecular formula is C15H24N2O2S. The van der Waals surface area contributed by atoms with Gasteiger partial charge in [0.2, 0.25) is 10.0 Å². The van der Waals surface area contributed by atoms with Crippen molar-refractivity contribution in [1.29, 1.82) is 0 Å². The van der Waals surface area contributed by atoms with Gasteiger partial charge >= 0.3 is 0 Å². The predicted octanol–water partition coefficient (Wildman–Crippen LogP) is 2.33. The van der Waals surface area contributed by atoms with E-state index in [4.69, 9.17) is 0 Å². The molecule has 0 heterocycles. The van der Waals surface area contributed by atoms with Crippen molar-refractivity contribution in [3.63, 3.8) is 0 Å². The highest BCUT2D eigenvalue weighted by Crippen LogP contribution is 2.33. The zero-order valence-electron chi connectivity index (χ0n) is 12.5. The molecule has 0 atom stereocenters. The van der Waals surface area contributed by atoms with Crippen LogP contribution in [0, 0.1) is 6.92 Å². The van der Waals surface area contributed by atoms with Crippen LogP contribution in [0.1, 0.15) is 44.2 Å². The van der Waals surface area contributed by atoms with E-state index in [1.54, 1.807) is 6.07 Å². The second kappa shape index (κ2) is 5.84. The normalized spacial score (nSPS) is 17.8. The van der Waals surface area contributed by atoms with Gasteiger partial charge in [-0.2, -0.15) is 0 Å². The Kier molecular flexibility index (Phi) is 4.52. The number of sulfonamides is 1. The Morgan fingerprint density at radius 1 is 1.30 bits per heavy atom. The fraction of sp³-hybridized carbons (Fsp3) is 0.600. The Bertz CT molecular complexity index is 578.